The summed E-state index contributed by atoms with van der Waals surface area (Å²) >= 11 is 5.51. The van der Waals surface area contributed by atoms with Crippen molar-refractivity contribution in [2.45, 2.75) is 38.1 Å². The average molecular weight is 476 g/mol. The van der Waals surface area contributed by atoms with Crippen LogP contribution in [0, 0.1) is 11.3 Å². The number of nitrogens with zero attached hydrogens (tertiary/aromatic N) is 4. The number of ether oxygens (including phenoxy) is 2. The molecule has 1 atom stereocenters. The van der Waals surface area contributed by atoms with Crippen molar-refractivity contribution in [1.82, 2.24) is 4.98 Å². The highest BCUT2D eigenvalue weighted by Gasteiger charge is 2.50. The molecule has 2 aliphatic heterocycles. The van der Waals surface area contributed by atoms with Crippen LogP contribution in [0.2, 0.25) is 0 Å². The van der Waals surface area contributed by atoms with Gasteiger partial charge in [0, 0.05) is 12.5 Å². The van der Waals surface area contributed by atoms with E-state index in [1.807, 2.05) is 0 Å². The summed E-state index contributed by atoms with van der Waals surface area (Å²) in [7, 11) is 0. The van der Waals surface area contributed by atoms with E-state index in [9.17, 15) is 18.0 Å². The average Bonchev–Trinajstić information content (AvgIpc) is 3.33. The van der Waals surface area contributed by atoms with E-state index < -0.39 is 28.7 Å². The summed E-state index contributed by atoms with van der Waals surface area (Å²) in [6.07, 6.45) is -2.58. The smallest absolute Gasteiger partial charge is 0.417 e. The zero-order valence-corrected chi connectivity index (χ0v) is 18.5. The summed E-state index contributed by atoms with van der Waals surface area (Å²) in [6.45, 7) is 4.36. The van der Waals surface area contributed by atoms with E-state index >= 15 is 0 Å². The molecule has 0 radical (unpaired) electrons. The molecule has 7 nitrogen and oxygen atoms in total. The number of aromatic nitrogens is 1. The molecule has 1 aromatic carbocycles. The second-order valence-corrected chi connectivity index (χ2v) is 8.48. The molecule has 1 aromatic heterocycles. The molecule has 172 valence electrons. The van der Waals surface area contributed by atoms with Crippen LogP contribution in [-0.4, -0.2) is 40.9 Å². The molecule has 2 saturated heterocycles. The number of anilines is 2. The highest BCUT2D eigenvalue weighted by Crippen LogP contribution is 2.39. The summed E-state index contributed by atoms with van der Waals surface area (Å²) in [5.41, 5.74) is -2.44. The number of carbonyl (C=O) groups is 1. The molecule has 33 heavy (non-hydrogen) atoms. The summed E-state index contributed by atoms with van der Waals surface area (Å²) in [4.78, 5) is 20.1. The first kappa shape index (κ1) is 22.9. The van der Waals surface area contributed by atoms with Crippen molar-refractivity contribution in [1.29, 1.82) is 5.26 Å². The van der Waals surface area contributed by atoms with Gasteiger partial charge >= 0.3 is 6.18 Å². The van der Waals surface area contributed by atoms with E-state index in [4.69, 9.17) is 27.0 Å². The molecule has 0 spiro atoms. The standard InChI is InChI=1S/C22H19F3N4O3S/c1-21(2)19(30)28(14-4-3-13(10-26)17(9-14)22(23,24)25)20(33)29(21)15-5-6-18(27-11-15)32-16-7-8-31-12-16/h3-6,9,11,16H,7-8,12H2,1-2H3/t16-/m1/s1. The number of thiocarbonyl (C=S) groups is 1. The number of halogens is 3. The van der Waals surface area contributed by atoms with Crippen molar-refractivity contribution in [2.75, 3.05) is 23.0 Å². The Morgan fingerprint density at radius 1 is 1.27 bits per heavy atom. The Bertz CT molecular complexity index is 1140. The number of alkyl halides is 3. The van der Waals surface area contributed by atoms with Crippen molar-refractivity contribution in [3.63, 3.8) is 0 Å². The number of nitriles is 1. The van der Waals surface area contributed by atoms with Gasteiger partial charge in [0.25, 0.3) is 5.91 Å². The summed E-state index contributed by atoms with van der Waals surface area (Å²) < 4.78 is 51.4. The first-order valence-corrected chi connectivity index (χ1v) is 10.5. The lowest BCUT2D eigenvalue weighted by molar-refractivity contribution is -0.137. The van der Waals surface area contributed by atoms with Crippen LogP contribution in [0.3, 0.4) is 0 Å². The molecule has 4 rings (SSSR count). The molecular weight excluding hydrogens is 457 g/mol. The van der Waals surface area contributed by atoms with Gasteiger partial charge in [-0.2, -0.15) is 18.4 Å². The van der Waals surface area contributed by atoms with Crippen molar-refractivity contribution in [3.8, 4) is 11.9 Å². The molecule has 3 heterocycles. The fourth-order valence-electron chi connectivity index (χ4n) is 3.81. The third-order valence-corrected chi connectivity index (χ3v) is 5.87. The van der Waals surface area contributed by atoms with Gasteiger partial charge in [0.1, 0.15) is 11.6 Å². The van der Waals surface area contributed by atoms with Gasteiger partial charge in [-0.3, -0.25) is 9.69 Å². The van der Waals surface area contributed by atoms with Gasteiger partial charge in [0.15, 0.2) is 5.11 Å². The maximum absolute atomic E-state index is 13.4. The third kappa shape index (κ3) is 4.12. The number of rotatable bonds is 4. The topological polar surface area (TPSA) is 78.7 Å². The van der Waals surface area contributed by atoms with Crippen LogP contribution in [0.25, 0.3) is 0 Å². The van der Waals surface area contributed by atoms with Gasteiger partial charge in [-0.1, -0.05) is 0 Å². The van der Waals surface area contributed by atoms with Crippen molar-refractivity contribution < 1.29 is 27.4 Å². The largest absolute Gasteiger partial charge is 0.472 e. The first-order chi connectivity index (χ1) is 15.5. The lowest BCUT2D eigenvalue weighted by atomic mass is 10.0. The van der Waals surface area contributed by atoms with Gasteiger partial charge in [-0.05, 0) is 50.3 Å². The number of hydrogen-bond acceptors (Lipinski definition) is 6. The van der Waals surface area contributed by atoms with E-state index in [2.05, 4.69) is 4.98 Å². The second kappa shape index (κ2) is 8.28. The third-order valence-electron chi connectivity index (χ3n) is 5.51. The van der Waals surface area contributed by atoms with Gasteiger partial charge in [0.05, 0.1) is 48.0 Å². The number of hydrogen-bond donors (Lipinski definition) is 0. The minimum absolute atomic E-state index is 0.00231. The Labute approximate surface area is 193 Å². The van der Waals surface area contributed by atoms with E-state index in [1.165, 1.54) is 23.2 Å². The van der Waals surface area contributed by atoms with Crippen LogP contribution < -0.4 is 14.5 Å². The van der Waals surface area contributed by atoms with Crippen molar-refractivity contribution in [2.24, 2.45) is 0 Å². The lowest BCUT2D eigenvalue weighted by Crippen LogP contribution is -2.44. The summed E-state index contributed by atoms with van der Waals surface area (Å²) in [6, 6.07) is 7.93. The SMILES string of the molecule is CC1(C)C(=O)N(c2ccc(C#N)c(C(F)(F)F)c2)C(=S)N1c1ccc(O[C@@H]2CCOC2)nc1. The normalized spacial score (nSPS) is 20.3. The van der Waals surface area contributed by atoms with Crippen molar-refractivity contribution >= 4 is 34.6 Å². The van der Waals surface area contributed by atoms with Crippen LogP contribution in [-0.2, 0) is 15.7 Å². The van der Waals surface area contributed by atoms with Gasteiger partial charge in [0.2, 0.25) is 5.88 Å². The van der Waals surface area contributed by atoms with Crippen LogP contribution >= 0.6 is 12.2 Å². The predicted octanol–water partition coefficient (Wildman–Crippen LogP) is 4.06. The molecule has 11 heteroatoms. The Kier molecular flexibility index (Phi) is 5.76. The molecule has 0 N–H and O–H groups in total. The Balaban J connectivity index is 1.66. The molecule has 2 aromatic rings. The molecule has 2 aliphatic rings. The fourth-order valence-corrected chi connectivity index (χ4v) is 4.33. The molecule has 0 unspecified atom stereocenters. The number of carbonyl (C=O) groups excluding carboxylic acids is 1. The Morgan fingerprint density at radius 2 is 2.00 bits per heavy atom. The van der Waals surface area contributed by atoms with Gasteiger partial charge in [-0.15, -0.1) is 0 Å². The van der Waals surface area contributed by atoms with Crippen LogP contribution in [0.5, 0.6) is 5.88 Å². The molecule has 0 aliphatic carbocycles. The van der Waals surface area contributed by atoms with E-state index in [0.717, 1.165) is 23.5 Å². The maximum Gasteiger partial charge on any atom is 0.417 e. The maximum atomic E-state index is 13.4. The van der Waals surface area contributed by atoms with E-state index in [-0.39, 0.29) is 16.9 Å². The number of amides is 1. The van der Waals surface area contributed by atoms with Crippen LogP contribution in [0.4, 0.5) is 24.5 Å². The van der Waals surface area contributed by atoms with E-state index in [1.54, 1.807) is 26.0 Å². The zero-order chi connectivity index (χ0) is 24.0. The summed E-state index contributed by atoms with van der Waals surface area (Å²) in [5, 5.41) is 9.04. The van der Waals surface area contributed by atoms with Gasteiger partial charge in [-0.25, -0.2) is 4.98 Å². The highest BCUT2D eigenvalue weighted by molar-refractivity contribution is 7.81. The first-order valence-electron chi connectivity index (χ1n) is 10.0. The quantitative estimate of drug-likeness (QED) is 0.616. The van der Waals surface area contributed by atoms with Gasteiger partial charge < -0.3 is 14.4 Å². The van der Waals surface area contributed by atoms with Crippen LogP contribution in [0.1, 0.15) is 31.4 Å². The molecule has 0 saturated carbocycles. The molecule has 2 fully saturated rings. The fraction of sp³-hybridized carbons (Fsp3) is 0.364. The van der Waals surface area contributed by atoms with E-state index in [0.29, 0.717) is 24.8 Å². The number of pyridine rings is 1. The van der Waals surface area contributed by atoms with Crippen LogP contribution in [0.15, 0.2) is 36.5 Å². The predicted molar refractivity (Wildman–Crippen MR) is 117 cm³/mol. The second-order valence-electron chi connectivity index (χ2n) is 8.12. The lowest BCUT2D eigenvalue weighted by Gasteiger charge is -2.29. The number of benzene rings is 1. The monoisotopic (exact) mass is 476 g/mol. The Morgan fingerprint density at radius 3 is 2.58 bits per heavy atom. The minimum Gasteiger partial charge on any atom is -0.472 e. The molecule has 0 bridgehead atoms. The minimum atomic E-state index is -4.76. The summed E-state index contributed by atoms with van der Waals surface area (Å²) in [5.74, 6) is -0.115. The molecule has 1 amide bonds. The Hall–Kier alpha value is -3.23. The van der Waals surface area contributed by atoms with Crippen molar-refractivity contribution in [3.05, 3.63) is 47.7 Å². The highest BCUT2D eigenvalue weighted by atomic mass is 32.1. The molecular formula is C22H19F3N4O3S. The zero-order valence-electron chi connectivity index (χ0n) is 17.7.